The molecular formula is C13H20F3N3O2. The third-order valence-corrected chi connectivity index (χ3v) is 2.37. The Kier molecular flexibility index (Phi) is 8.37. The molecule has 0 unspecified atom stereocenters. The molecule has 120 valence electrons. The zero-order valence-electron chi connectivity index (χ0n) is 12.2. The second-order valence-electron chi connectivity index (χ2n) is 4.23. The highest BCUT2D eigenvalue weighted by Crippen LogP contribution is 2.12. The fourth-order valence-corrected chi connectivity index (χ4v) is 1.11. The van der Waals surface area contributed by atoms with Gasteiger partial charge in [-0.25, -0.2) is 0 Å². The SMILES string of the molecule is C=CC(=C)CCN(C)O/N=C(\CC)C(=O)NCC(F)(F)F. The molecule has 0 aliphatic heterocycles. The average molecular weight is 307 g/mol. The Morgan fingerprint density at radius 2 is 2.10 bits per heavy atom. The Balaban J connectivity index is 4.34. The summed E-state index contributed by atoms with van der Waals surface area (Å²) in [6.45, 7) is 7.93. The van der Waals surface area contributed by atoms with Crippen molar-refractivity contribution in [2.24, 2.45) is 5.16 Å². The maximum atomic E-state index is 12.0. The summed E-state index contributed by atoms with van der Waals surface area (Å²) in [5.74, 6) is -0.904. The van der Waals surface area contributed by atoms with E-state index in [2.05, 4.69) is 18.3 Å². The number of halogens is 3. The van der Waals surface area contributed by atoms with E-state index >= 15 is 0 Å². The molecule has 0 aromatic carbocycles. The van der Waals surface area contributed by atoms with Gasteiger partial charge in [0.1, 0.15) is 12.3 Å². The van der Waals surface area contributed by atoms with Crippen molar-refractivity contribution in [1.82, 2.24) is 10.4 Å². The predicted octanol–water partition coefficient (Wildman–Crippen LogP) is 2.43. The van der Waals surface area contributed by atoms with Gasteiger partial charge in [-0.3, -0.25) is 9.73 Å². The van der Waals surface area contributed by atoms with E-state index in [1.54, 1.807) is 25.4 Å². The normalized spacial score (nSPS) is 12.2. The van der Waals surface area contributed by atoms with Gasteiger partial charge in [-0.1, -0.05) is 36.9 Å². The molecule has 1 N–H and O–H groups in total. The first-order valence-corrected chi connectivity index (χ1v) is 6.30. The maximum Gasteiger partial charge on any atom is 0.405 e. The molecule has 0 atom stereocenters. The number of nitrogens with one attached hydrogen (secondary N) is 1. The van der Waals surface area contributed by atoms with Gasteiger partial charge in [0.15, 0.2) is 0 Å². The summed E-state index contributed by atoms with van der Waals surface area (Å²) in [4.78, 5) is 16.4. The predicted molar refractivity (Wildman–Crippen MR) is 74.5 cm³/mol. The van der Waals surface area contributed by atoms with Crippen LogP contribution in [-0.4, -0.2) is 43.0 Å². The zero-order valence-corrected chi connectivity index (χ0v) is 12.2. The number of carbonyl (C=O) groups excluding carboxylic acids is 1. The largest absolute Gasteiger partial charge is 0.405 e. The van der Waals surface area contributed by atoms with Crippen LogP contribution in [0.4, 0.5) is 13.2 Å². The number of oxime groups is 1. The Morgan fingerprint density at radius 1 is 1.48 bits per heavy atom. The molecule has 0 rings (SSSR count). The van der Waals surface area contributed by atoms with Gasteiger partial charge in [0.25, 0.3) is 5.91 Å². The molecule has 8 heteroatoms. The third-order valence-electron chi connectivity index (χ3n) is 2.37. The van der Waals surface area contributed by atoms with Crippen molar-refractivity contribution >= 4 is 11.6 Å². The van der Waals surface area contributed by atoms with Gasteiger partial charge in [-0.2, -0.15) is 13.2 Å². The highest BCUT2D eigenvalue weighted by molar-refractivity contribution is 6.38. The summed E-state index contributed by atoms with van der Waals surface area (Å²) < 4.78 is 36.0. The van der Waals surface area contributed by atoms with Crippen LogP contribution >= 0.6 is 0 Å². The Morgan fingerprint density at radius 3 is 2.57 bits per heavy atom. The molecule has 21 heavy (non-hydrogen) atoms. The summed E-state index contributed by atoms with van der Waals surface area (Å²) >= 11 is 0. The second-order valence-corrected chi connectivity index (χ2v) is 4.23. The van der Waals surface area contributed by atoms with Crippen LogP contribution in [0.3, 0.4) is 0 Å². The van der Waals surface area contributed by atoms with E-state index in [0.29, 0.717) is 13.0 Å². The number of nitrogens with zero attached hydrogens (tertiary/aromatic N) is 2. The Bertz CT molecular complexity index is 406. The van der Waals surface area contributed by atoms with E-state index in [9.17, 15) is 18.0 Å². The van der Waals surface area contributed by atoms with Gasteiger partial charge in [0, 0.05) is 13.6 Å². The molecule has 0 saturated heterocycles. The fraction of sp³-hybridized carbons (Fsp3) is 0.538. The van der Waals surface area contributed by atoms with Gasteiger partial charge in [0.05, 0.1) is 0 Å². The minimum Gasteiger partial charge on any atom is -0.342 e. The van der Waals surface area contributed by atoms with Crippen molar-refractivity contribution in [2.45, 2.75) is 25.9 Å². The number of hydrogen-bond donors (Lipinski definition) is 1. The van der Waals surface area contributed by atoms with Gasteiger partial charge in [-0.15, -0.1) is 5.06 Å². The number of allylic oxidation sites excluding steroid dienone is 1. The van der Waals surface area contributed by atoms with Crippen LogP contribution < -0.4 is 5.32 Å². The van der Waals surface area contributed by atoms with Crippen molar-refractivity contribution in [2.75, 3.05) is 20.1 Å². The van der Waals surface area contributed by atoms with E-state index in [4.69, 9.17) is 4.94 Å². The summed E-state index contributed by atoms with van der Waals surface area (Å²) in [5.41, 5.74) is 0.696. The zero-order chi connectivity index (χ0) is 16.5. The van der Waals surface area contributed by atoms with E-state index in [1.165, 1.54) is 5.06 Å². The first kappa shape index (κ1) is 19.2. The quantitative estimate of drug-likeness (QED) is 0.404. The highest BCUT2D eigenvalue weighted by atomic mass is 19.4. The minimum atomic E-state index is -4.46. The molecule has 0 bridgehead atoms. The topological polar surface area (TPSA) is 53.9 Å². The number of alkyl halides is 3. The average Bonchev–Trinajstić information content (AvgIpc) is 2.42. The van der Waals surface area contributed by atoms with E-state index in [1.807, 2.05) is 0 Å². The maximum absolute atomic E-state index is 12.0. The van der Waals surface area contributed by atoms with Gasteiger partial charge in [-0.05, 0) is 12.8 Å². The lowest BCUT2D eigenvalue weighted by Crippen LogP contribution is -2.38. The molecule has 5 nitrogen and oxygen atoms in total. The number of rotatable bonds is 9. The molecule has 0 aliphatic carbocycles. The molecule has 0 heterocycles. The van der Waals surface area contributed by atoms with E-state index in [-0.39, 0.29) is 12.1 Å². The van der Waals surface area contributed by atoms with Crippen LogP contribution in [0.15, 0.2) is 30.0 Å². The van der Waals surface area contributed by atoms with Crippen LogP contribution in [0, 0.1) is 0 Å². The number of hydrogen-bond acceptors (Lipinski definition) is 4. The molecule has 0 fully saturated rings. The highest BCUT2D eigenvalue weighted by Gasteiger charge is 2.28. The van der Waals surface area contributed by atoms with Crippen molar-refractivity contribution in [3.8, 4) is 0 Å². The van der Waals surface area contributed by atoms with Gasteiger partial charge in [0.2, 0.25) is 0 Å². The molecule has 0 spiro atoms. The van der Waals surface area contributed by atoms with Crippen molar-refractivity contribution in [3.05, 3.63) is 24.8 Å². The number of amides is 1. The fourth-order valence-electron chi connectivity index (χ4n) is 1.11. The molecule has 0 saturated carbocycles. The Labute approximate surface area is 122 Å². The van der Waals surface area contributed by atoms with Gasteiger partial charge < -0.3 is 5.32 Å². The lowest BCUT2D eigenvalue weighted by atomic mass is 10.2. The minimum absolute atomic E-state index is 0.117. The van der Waals surface area contributed by atoms with Crippen molar-refractivity contribution < 1.29 is 22.9 Å². The van der Waals surface area contributed by atoms with Crippen LogP contribution in [-0.2, 0) is 9.73 Å². The lowest BCUT2D eigenvalue weighted by molar-refractivity contribution is -0.141. The summed E-state index contributed by atoms with van der Waals surface area (Å²) in [6.07, 6.45) is -2.11. The third kappa shape index (κ3) is 9.67. The summed E-state index contributed by atoms with van der Waals surface area (Å²) in [7, 11) is 1.58. The molecular weight excluding hydrogens is 287 g/mol. The molecule has 0 aliphatic rings. The number of hydroxylamine groups is 2. The van der Waals surface area contributed by atoms with E-state index < -0.39 is 18.6 Å². The monoisotopic (exact) mass is 307 g/mol. The summed E-state index contributed by atoms with van der Waals surface area (Å²) in [5, 5.41) is 6.64. The van der Waals surface area contributed by atoms with Crippen molar-refractivity contribution in [1.29, 1.82) is 0 Å². The van der Waals surface area contributed by atoms with Crippen molar-refractivity contribution in [3.63, 3.8) is 0 Å². The molecule has 0 aromatic rings. The first-order valence-electron chi connectivity index (χ1n) is 6.30. The standard InChI is InChI=1S/C13H20F3N3O2/c1-5-10(3)7-8-19(4)21-18-11(6-2)12(20)17-9-13(14,15)16/h5H,1,3,6-9H2,2,4H3,(H,17,20)/b18-11+. The number of carbonyl (C=O) groups is 1. The lowest BCUT2D eigenvalue weighted by Gasteiger charge is -2.14. The van der Waals surface area contributed by atoms with Crippen LogP contribution in [0.25, 0.3) is 0 Å². The van der Waals surface area contributed by atoms with Crippen LogP contribution in [0.2, 0.25) is 0 Å². The Hall–Kier alpha value is -1.83. The van der Waals surface area contributed by atoms with Crippen LogP contribution in [0.1, 0.15) is 19.8 Å². The molecule has 1 amide bonds. The van der Waals surface area contributed by atoms with Gasteiger partial charge >= 0.3 is 6.18 Å². The molecule has 0 aromatic heterocycles. The first-order chi connectivity index (χ1) is 9.69. The smallest absolute Gasteiger partial charge is 0.342 e. The molecule has 0 radical (unpaired) electrons. The van der Waals surface area contributed by atoms with Crippen LogP contribution in [0.5, 0.6) is 0 Å². The van der Waals surface area contributed by atoms with E-state index in [0.717, 1.165) is 5.57 Å². The second kappa shape index (κ2) is 9.17. The summed E-state index contributed by atoms with van der Waals surface area (Å²) in [6, 6.07) is 0.